The van der Waals surface area contributed by atoms with Gasteiger partial charge in [-0.3, -0.25) is 0 Å². The van der Waals surface area contributed by atoms with Crippen LogP contribution >= 0.6 is 0 Å². The van der Waals surface area contributed by atoms with Crippen LogP contribution in [0.1, 0.15) is 12.8 Å². The summed E-state index contributed by atoms with van der Waals surface area (Å²) in [7, 11) is 0. The largest absolute Gasteiger partial charge is 0.473 e. The Hall–Kier alpha value is -1.14. The Kier molecular flexibility index (Phi) is 4.51. The van der Waals surface area contributed by atoms with E-state index in [1.165, 1.54) is 32.5 Å². The maximum Gasteiger partial charge on any atom is 0.414 e. The number of carbonyl (C=O) groups is 2. The summed E-state index contributed by atoms with van der Waals surface area (Å²) in [5, 5.41) is 21.7. The molecule has 0 aromatic heterocycles. The van der Waals surface area contributed by atoms with Gasteiger partial charge in [-0.05, 0) is 31.8 Å². The molecule has 0 aromatic rings. The molecule has 6 heteroatoms. The van der Waals surface area contributed by atoms with Crippen molar-refractivity contribution in [1.82, 2.24) is 10.6 Å². The molecule has 2 aliphatic heterocycles. The molecule has 86 valence electrons. The first kappa shape index (κ1) is 11.9. The van der Waals surface area contributed by atoms with Gasteiger partial charge in [0, 0.05) is 12.6 Å². The van der Waals surface area contributed by atoms with Crippen molar-refractivity contribution in [2.45, 2.75) is 18.9 Å². The van der Waals surface area contributed by atoms with Crippen LogP contribution in [0.3, 0.4) is 0 Å². The normalized spacial score (nSPS) is 28.5. The van der Waals surface area contributed by atoms with Crippen LogP contribution in [-0.2, 0) is 9.59 Å². The second kappa shape index (κ2) is 5.67. The van der Waals surface area contributed by atoms with Crippen molar-refractivity contribution in [2.24, 2.45) is 5.92 Å². The van der Waals surface area contributed by atoms with Crippen LogP contribution in [0.25, 0.3) is 0 Å². The number of carboxylic acid groups (broad SMARTS) is 2. The summed E-state index contributed by atoms with van der Waals surface area (Å²) in [5.41, 5.74) is 0. The van der Waals surface area contributed by atoms with Gasteiger partial charge in [0.25, 0.3) is 0 Å². The molecule has 0 aliphatic carbocycles. The summed E-state index contributed by atoms with van der Waals surface area (Å²) in [4.78, 5) is 18.2. The van der Waals surface area contributed by atoms with E-state index in [9.17, 15) is 0 Å². The maximum absolute atomic E-state index is 9.10. The Morgan fingerprint density at radius 1 is 1.13 bits per heavy atom. The van der Waals surface area contributed by atoms with Gasteiger partial charge in [-0.2, -0.15) is 0 Å². The van der Waals surface area contributed by atoms with Crippen molar-refractivity contribution >= 4 is 11.9 Å². The van der Waals surface area contributed by atoms with Crippen LogP contribution in [0.2, 0.25) is 0 Å². The minimum absolute atomic E-state index is 0.804. The monoisotopic (exact) mass is 216 g/mol. The fraction of sp³-hybridized carbons (Fsp3) is 0.778. The maximum atomic E-state index is 9.10. The lowest BCUT2D eigenvalue weighted by Gasteiger charge is -2.24. The van der Waals surface area contributed by atoms with Gasteiger partial charge in [-0.25, -0.2) is 9.59 Å². The Balaban J connectivity index is 0.000000167. The number of piperidine rings is 1. The minimum atomic E-state index is -1.82. The number of rotatable bonds is 0. The SMILES string of the molecule is C1CNC2CNCC2C1.O=C(O)C(=O)O. The third-order valence-electron chi connectivity index (χ3n) is 2.68. The van der Waals surface area contributed by atoms with Gasteiger partial charge < -0.3 is 20.8 Å². The first-order valence-electron chi connectivity index (χ1n) is 5.01. The molecular weight excluding hydrogens is 200 g/mol. The average Bonchev–Trinajstić information content (AvgIpc) is 2.66. The number of aliphatic carboxylic acids is 2. The highest BCUT2D eigenvalue weighted by Gasteiger charge is 2.28. The molecule has 0 amide bonds. The molecule has 2 atom stereocenters. The standard InChI is InChI=1S/C7H14N2.C2H2O4/c1-2-6-4-8-5-7(6)9-3-1;3-1(4)2(5)6/h6-9H,1-5H2;(H,3,4)(H,5,6). The second-order valence-electron chi connectivity index (χ2n) is 3.73. The Morgan fingerprint density at radius 3 is 2.33 bits per heavy atom. The van der Waals surface area contributed by atoms with Gasteiger partial charge in [-0.15, -0.1) is 0 Å². The predicted octanol–water partition coefficient (Wildman–Crippen LogP) is -0.887. The van der Waals surface area contributed by atoms with Gasteiger partial charge in [0.15, 0.2) is 0 Å². The van der Waals surface area contributed by atoms with Crippen LogP contribution in [0.5, 0.6) is 0 Å². The first-order valence-corrected chi connectivity index (χ1v) is 5.01. The Labute approximate surface area is 87.7 Å². The quantitative estimate of drug-likeness (QED) is 0.392. The van der Waals surface area contributed by atoms with Crippen LogP contribution in [0.15, 0.2) is 0 Å². The van der Waals surface area contributed by atoms with Crippen molar-refractivity contribution in [1.29, 1.82) is 0 Å². The van der Waals surface area contributed by atoms with Gasteiger partial charge >= 0.3 is 11.9 Å². The van der Waals surface area contributed by atoms with Crippen LogP contribution in [-0.4, -0.2) is 47.8 Å². The summed E-state index contributed by atoms with van der Waals surface area (Å²) in [6, 6.07) is 0.804. The molecule has 2 aliphatic rings. The molecule has 2 fully saturated rings. The lowest BCUT2D eigenvalue weighted by atomic mass is 9.94. The van der Waals surface area contributed by atoms with E-state index in [0.717, 1.165) is 12.0 Å². The number of hydrogen-bond acceptors (Lipinski definition) is 4. The molecule has 0 spiro atoms. The molecule has 4 N–H and O–H groups in total. The molecule has 0 aromatic carbocycles. The van der Waals surface area contributed by atoms with Crippen molar-refractivity contribution < 1.29 is 19.8 Å². The van der Waals surface area contributed by atoms with E-state index in [-0.39, 0.29) is 0 Å². The van der Waals surface area contributed by atoms with Crippen molar-refractivity contribution in [3.05, 3.63) is 0 Å². The van der Waals surface area contributed by atoms with Gasteiger partial charge in [0.05, 0.1) is 0 Å². The molecule has 0 radical (unpaired) electrons. The molecule has 2 heterocycles. The fourth-order valence-electron chi connectivity index (χ4n) is 1.93. The first-order chi connectivity index (χ1) is 7.11. The highest BCUT2D eigenvalue weighted by atomic mass is 16.4. The second-order valence-corrected chi connectivity index (χ2v) is 3.73. The van der Waals surface area contributed by atoms with Gasteiger partial charge in [0.1, 0.15) is 0 Å². The van der Waals surface area contributed by atoms with E-state index in [1.807, 2.05) is 0 Å². The molecule has 2 saturated heterocycles. The Bertz CT molecular complexity index is 220. The number of hydrogen-bond donors (Lipinski definition) is 4. The van der Waals surface area contributed by atoms with E-state index in [4.69, 9.17) is 19.8 Å². The number of nitrogens with one attached hydrogen (secondary N) is 2. The number of carboxylic acids is 2. The van der Waals surface area contributed by atoms with E-state index in [0.29, 0.717) is 0 Å². The van der Waals surface area contributed by atoms with Crippen LogP contribution < -0.4 is 10.6 Å². The highest BCUT2D eigenvalue weighted by Crippen LogP contribution is 2.18. The lowest BCUT2D eigenvalue weighted by Crippen LogP contribution is -2.40. The molecule has 2 unspecified atom stereocenters. The van der Waals surface area contributed by atoms with Crippen LogP contribution in [0, 0.1) is 5.92 Å². The van der Waals surface area contributed by atoms with Crippen LogP contribution in [0.4, 0.5) is 0 Å². The van der Waals surface area contributed by atoms with Gasteiger partial charge in [0.2, 0.25) is 0 Å². The summed E-state index contributed by atoms with van der Waals surface area (Å²) in [6.45, 7) is 3.69. The Morgan fingerprint density at radius 2 is 1.80 bits per heavy atom. The predicted molar refractivity (Wildman–Crippen MR) is 52.7 cm³/mol. The zero-order valence-corrected chi connectivity index (χ0v) is 8.40. The van der Waals surface area contributed by atoms with Gasteiger partial charge in [-0.1, -0.05) is 0 Å². The summed E-state index contributed by atoms with van der Waals surface area (Å²) >= 11 is 0. The molecule has 0 saturated carbocycles. The zero-order valence-electron chi connectivity index (χ0n) is 8.40. The van der Waals surface area contributed by atoms with Crippen molar-refractivity contribution in [3.8, 4) is 0 Å². The smallest absolute Gasteiger partial charge is 0.414 e. The van der Waals surface area contributed by atoms with Crippen molar-refractivity contribution in [2.75, 3.05) is 19.6 Å². The average molecular weight is 216 g/mol. The zero-order chi connectivity index (χ0) is 11.3. The summed E-state index contributed by atoms with van der Waals surface area (Å²) in [5.74, 6) is -2.70. The van der Waals surface area contributed by atoms with E-state index in [2.05, 4.69) is 10.6 Å². The lowest BCUT2D eigenvalue weighted by molar-refractivity contribution is -0.159. The fourth-order valence-corrected chi connectivity index (χ4v) is 1.93. The summed E-state index contributed by atoms with van der Waals surface area (Å²) < 4.78 is 0. The third kappa shape index (κ3) is 3.85. The molecule has 15 heavy (non-hydrogen) atoms. The molecular formula is C9H16N2O4. The molecule has 6 nitrogen and oxygen atoms in total. The molecule has 2 rings (SSSR count). The minimum Gasteiger partial charge on any atom is -0.473 e. The van der Waals surface area contributed by atoms with E-state index >= 15 is 0 Å². The number of fused-ring (bicyclic) bond motifs is 1. The van der Waals surface area contributed by atoms with E-state index < -0.39 is 11.9 Å². The topological polar surface area (TPSA) is 98.7 Å². The van der Waals surface area contributed by atoms with Crippen molar-refractivity contribution in [3.63, 3.8) is 0 Å². The summed E-state index contributed by atoms with van der Waals surface area (Å²) in [6.07, 6.45) is 2.81. The molecule has 0 bridgehead atoms. The third-order valence-corrected chi connectivity index (χ3v) is 2.68. The van der Waals surface area contributed by atoms with E-state index in [1.54, 1.807) is 0 Å². The highest BCUT2D eigenvalue weighted by molar-refractivity contribution is 6.27.